The summed E-state index contributed by atoms with van der Waals surface area (Å²) in [6.07, 6.45) is 5.79. The highest BCUT2D eigenvalue weighted by Gasteiger charge is 2.32. The number of carbonyl (C=O) groups excluding carboxylic acids is 1. The molecule has 1 saturated carbocycles. The van der Waals surface area contributed by atoms with Gasteiger partial charge in [0, 0.05) is 24.4 Å². The number of hydrogen-bond acceptors (Lipinski definition) is 3. The molecule has 0 unspecified atom stereocenters. The van der Waals surface area contributed by atoms with Gasteiger partial charge in [-0.05, 0) is 37.7 Å². The number of hydrogen-bond donors (Lipinski definition) is 2. The predicted molar refractivity (Wildman–Crippen MR) is 73.7 cm³/mol. The minimum absolute atomic E-state index is 0.214. The second-order valence-corrected chi connectivity index (χ2v) is 5.63. The fourth-order valence-corrected chi connectivity index (χ4v) is 2.69. The molecule has 4 nitrogen and oxygen atoms in total. The van der Waals surface area contributed by atoms with Crippen molar-refractivity contribution < 1.29 is 14.3 Å². The number of pyridine rings is 1. The van der Waals surface area contributed by atoms with Crippen molar-refractivity contribution in [1.29, 1.82) is 0 Å². The molecule has 110 valence electrons. The van der Waals surface area contributed by atoms with Crippen LogP contribution in [0.4, 0.5) is 4.39 Å². The molecule has 0 bridgehead atoms. The van der Waals surface area contributed by atoms with Crippen LogP contribution in [0.1, 0.15) is 49.4 Å². The van der Waals surface area contributed by atoms with Crippen molar-refractivity contribution in [3.8, 4) is 0 Å². The van der Waals surface area contributed by atoms with Crippen molar-refractivity contribution in [3.05, 3.63) is 29.8 Å². The molecule has 0 spiro atoms. The van der Waals surface area contributed by atoms with Gasteiger partial charge in [-0.1, -0.05) is 13.3 Å². The Morgan fingerprint density at radius 1 is 1.55 bits per heavy atom. The van der Waals surface area contributed by atoms with E-state index in [2.05, 4.69) is 17.2 Å². The van der Waals surface area contributed by atoms with E-state index >= 15 is 0 Å². The van der Waals surface area contributed by atoms with Crippen LogP contribution in [0.2, 0.25) is 0 Å². The molecule has 1 aliphatic rings. The molecule has 2 rings (SSSR count). The first-order chi connectivity index (χ1) is 9.52. The highest BCUT2D eigenvalue weighted by atomic mass is 19.1. The Kier molecular flexibility index (Phi) is 4.70. The largest absolute Gasteiger partial charge is 0.388 e. The lowest BCUT2D eigenvalue weighted by Gasteiger charge is -2.35. The van der Waals surface area contributed by atoms with Gasteiger partial charge in [-0.15, -0.1) is 0 Å². The summed E-state index contributed by atoms with van der Waals surface area (Å²) in [6.45, 7) is 2.38. The number of rotatable bonds is 4. The van der Waals surface area contributed by atoms with E-state index in [1.54, 1.807) is 0 Å². The van der Waals surface area contributed by atoms with Crippen molar-refractivity contribution in [2.75, 3.05) is 6.54 Å². The van der Waals surface area contributed by atoms with E-state index in [0.29, 0.717) is 18.8 Å². The van der Waals surface area contributed by atoms with Crippen LogP contribution in [0.5, 0.6) is 0 Å². The molecule has 0 saturated heterocycles. The lowest BCUT2D eigenvalue weighted by molar-refractivity contribution is -0.00786. The molecule has 1 aliphatic carbocycles. The van der Waals surface area contributed by atoms with Gasteiger partial charge in [-0.3, -0.25) is 4.79 Å². The van der Waals surface area contributed by atoms with Crippen molar-refractivity contribution in [2.45, 2.75) is 44.6 Å². The maximum Gasteiger partial charge on any atom is 0.251 e. The molecule has 1 fully saturated rings. The molecule has 1 aromatic rings. The monoisotopic (exact) mass is 280 g/mol. The van der Waals surface area contributed by atoms with Crippen LogP contribution in [0, 0.1) is 11.9 Å². The molecule has 0 atom stereocenters. The molecule has 0 aromatic carbocycles. The lowest BCUT2D eigenvalue weighted by Crippen LogP contribution is -2.45. The third-order valence-corrected chi connectivity index (χ3v) is 4.18. The average Bonchev–Trinajstić information content (AvgIpc) is 2.46. The molecule has 0 radical (unpaired) electrons. The fraction of sp³-hybridized carbons (Fsp3) is 0.600. The molecular formula is C15H21FN2O2. The zero-order chi connectivity index (χ0) is 14.6. The normalized spacial score (nSPS) is 26.2. The molecule has 20 heavy (non-hydrogen) atoms. The first kappa shape index (κ1) is 14.9. The number of aromatic nitrogens is 1. The third-order valence-electron chi connectivity index (χ3n) is 4.18. The smallest absolute Gasteiger partial charge is 0.251 e. The second-order valence-electron chi connectivity index (χ2n) is 5.63. The van der Waals surface area contributed by atoms with Gasteiger partial charge in [0.15, 0.2) is 0 Å². The van der Waals surface area contributed by atoms with Gasteiger partial charge in [-0.25, -0.2) is 4.98 Å². The number of halogens is 1. The van der Waals surface area contributed by atoms with E-state index in [1.807, 2.05) is 0 Å². The summed E-state index contributed by atoms with van der Waals surface area (Å²) >= 11 is 0. The Morgan fingerprint density at radius 3 is 2.85 bits per heavy atom. The Hall–Kier alpha value is -1.49. The molecule has 1 heterocycles. The third kappa shape index (κ3) is 3.76. The second kappa shape index (κ2) is 6.31. The highest BCUT2D eigenvalue weighted by molar-refractivity contribution is 5.94. The van der Waals surface area contributed by atoms with E-state index in [9.17, 15) is 14.3 Å². The summed E-state index contributed by atoms with van der Waals surface area (Å²) in [6, 6.07) is 2.55. The highest BCUT2D eigenvalue weighted by Crippen LogP contribution is 2.33. The van der Waals surface area contributed by atoms with E-state index in [-0.39, 0.29) is 18.0 Å². The van der Waals surface area contributed by atoms with Crippen molar-refractivity contribution in [3.63, 3.8) is 0 Å². The van der Waals surface area contributed by atoms with Crippen LogP contribution < -0.4 is 5.32 Å². The van der Waals surface area contributed by atoms with Crippen LogP contribution in [-0.2, 0) is 0 Å². The molecule has 1 aromatic heterocycles. The molecule has 0 aliphatic heterocycles. The zero-order valence-corrected chi connectivity index (χ0v) is 11.7. The molecule has 2 N–H and O–H groups in total. The van der Waals surface area contributed by atoms with Crippen LogP contribution in [0.25, 0.3) is 0 Å². The quantitative estimate of drug-likeness (QED) is 0.832. The van der Waals surface area contributed by atoms with Crippen LogP contribution in [0.3, 0.4) is 0 Å². The number of aliphatic hydroxyl groups is 1. The summed E-state index contributed by atoms with van der Waals surface area (Å²) in [5.74, 6) is -0.377. The Balaban J connectivity index is 1.87. The van der Waals surface area contributed by atoms with E-state index in [0.717, 1.165) is 25.3 Å². The van der Waals surface area contributed by atoms with Gasteiger partial charge < -0.3 is 10.4 Å². The summed E-state index contributed by atoms with van der Waals surface area (Å²) in [4.78, 5) is 15.3. The Morgan fingerprint density at radius 2 is 2.25 bits per heavy atom. The van der Waals surface area contributed by atoms with Crippen molar-refractivity contribution in [2.24, 2.45) is 5.92 Å². The maximum atomic E-state index is 12.9. The first-order valence-corrected chi connectivity index (χ1v) is 7.14. The van der Waals surface area contributed by atoms with Crippen LogP contribution in [0.15, 0.2) is 18.3 Å². The van der Waals surface area contributed by atoms with Gasteiger partial charge in [0.05, 0.1) is 5.60 Å². The molecule has 5 heteroatoms. The maximum absolute atomic E-state index is 12.9. The summed E-state index contributed by atoms with van der Waals surface area (Å²) in [5, 5.41) is 13.1. The Bertz CT molecular complexity index is 471. The summed E-state index contributed by atoms with van der Waals surface area (Å²) < 4.78 is 12.9. The van der Waals surface area contributed by atoms with Crippen molar-refractivity contribution >= 4 is 5.91 Å². The minimum atomic E-state index is -0.826. The van der Waals surface area contributed by atoms with E-state index in [1.165, 1.54) is 12.3 Å². The van der Waals surface area contributed by atoms with Crippen LogP contribution in [-0.4, -0.2) is 28.1 Å². The topological polar surface area (TPSA) is 62.2 Å². The number of amides is 1. The van der Waals surface area contributed by atoms with Gasteiger partial charge in [0.25, 0.3) is 5.91 Å². The summed E-state index contributed by atoms with van der Waals surface area (Å²) in [7, 11) is 0. The molecular weight excluding hydrogens is 259 g/mol. The standard InChI is InChI=1S/C15H21FN2O2/c1-2-11-3-6-15(20,7-4-11)10-18-14(19)12-5-8-17-13(16)9-12/h5,8-9,11,20H,2-4,6-7,10H2,1H3,(H,18,19). The summed E-state index contributed by atoms with van der Waals surface area (Å²) in [5.41, 5.74) is -0.601. The zero-order valence-electron chi connectivity index (χ0n) is 11.7. The van der Waals surface area contributed by atoms with Gasteiger partial charge in [-0.2, -0.15) is 4.39 Å². The molecule has 1 amide bonds. The number of carbonyl (C=O) groups is 1. The number of nitrogens with one attached hydrogen (secondary N) is 1. The predicted octanol–water partition coefficient (Wildman–Crippen LogP) is 2.28. The average molecular weight is 280 g/mol. The van der Waals surface area contributed by atoms with E-state index in [4.69, 9.17) is 0 Å². The first-order valence-electron chi connectivity index (χ1n) is 7.14. The van der Waals surface area contributed by atoms with Crippen molar-refractivity contribution in [1.82, 2.24) is 10.3 Å². The van der Waals surface area contributed by atoms with E-state index < -0.39 is 11.5 Å². The van der Waals surface area contributed by atoms with Gasteiger partial charge >= 0.3 is 0 Å². The van der Waals surface area contributed by atoms with Gasteiger partial charge in [0.2, 0.25) is 5.95 Å². The SMILES string of the molecule is CCC1CCC(O)(CNC(=O)c2ccnc(F)c2)CC1. The fourth-order valence-electron chi connectivity index (χ4n) is 2.69. The number of nitrogens with zero attached hydrogens (tertiary/aromatic N) is 1. The van der Waals surface area contributed by atoms with Crippen LogP contribution >= 0.6 is 0 Å². The minimum Gasteiger partial charge on any atom is -0.388 e. The Labute approximate surface area is 118 Å². The lowest BCUT2D eigenvalue weighted by atomic mass is 9.78. The van der Waals surface area contributed by atoms with Gasteiger partial charge in [0.1, 0.15) is 0 Å².